The lowest BCUT2D eigenvalue weighted by Crippen LogP contribution is -2.48. The molecule has 0 radical (unpaired) electrons. The second kappa shape index (κ2) is 12.1. The fourth-order valence-corrected chi connectivity index (χ4v) is 7.73. The lowest BCUT2D eigenvalue weighted by atomic mass is 9.88. The second-order valence-electron chi connectivity index (χ2n) is 10.8. The summed E-state index contributed by atoms with van der Waals surface area (Å²) in [5.74, 6) is 0.599. The van der Waals surface area contributed by atoms with E-state index >= 15 is 0 Å². The van der Waals surface area contributed by atoms with Gasteiger partial charge in [-0.2, -0.15) is 4.31 Å². The number of nitrogens with one attached hydrogen (secondary N) is 3. The molecule has 1 spiro atoms. The monoisotopic (exact) mass is 627 g/mol. The van der Waals surface area contributed by atoms with E-state index < -0.39 is 37.3 Å². The maximum Gasteiger partial charge on any atom is 0.271 e. The Bertz CT molecular complexity index is 1560. The fourth-order valence-electron chi connectivity index (χ4n) is 5.47. The Labute approximate surface area is 245 Å². The number of pyridine rings is 1. The van der Waals surface area contributed by atoms with E-state index in [0.717, 1.165) is 0 Å². The van der Waals surface area contributed by atoms with Gasteiger partial charge in [0.2, 0.25) is 25.9 Å². The average Bonchev–Trinajstić information content (AvgIpc) is 3.37. The van der Waals surface area contributed by atoms with Crippen molar-refractivity contribution < 1.29 is 36.2 Å². The highest BCUT2D eigenvalue weighted by molar-refractivity contribution is 7.89. The minimum absolute atomic E-state index is 0.0362. The minimum Gasteiger partial charge on any atom is -0.491 e. The molecule has 0 unspecified atom stereocenters. The molecule has 2 aromatic rings. The molecule has 4 heterocycles. The van der Waals surface area contributed by atoms with Gasteiger partial charge in [-0.1, -0.05) is 6.07 Å². The van der Waals surface area contributed by atoms with Gasteiger partial charge < -0.3 is 29.5 Å². The summed E-state index contributed by atoms with van der Waals surface area (Å²) < 4.78 is 71.6. The van der Waals surface area contributed by atoms with Crippen molar-refractivity contribution >= 4 is 25.7 Å². The Balaban J connectivity index is 1.11. The van der Waals surface area contributed by atoms with Gasteiger partial charge in [-0.05, 0) is 44.5 Å². The van der Waals surface area contributed by atoms with Crippen LogP contribution < -0.4 is 30.0 Å². The normalized spacial score (nSPS) is 21.6. The van der Waals surface area contributed by atoms with E-state index in [1.54, 1.807) is 12.1 Å². The Morgan fingerprint density at radius 2 is 1.95 bits per heavy atom. The zero-order valence-corrected chi connectivity index (χ0v) is 25.2. The number of likely N-dealkylation sites (N-methyl/N-ethyl adjacent to an activating group) is 1. The summed E-state index contributed by atoms with van der Waals surface area (Å²) in [5, 5.41) is 13.7. The molecule has 0 aliphatic carbocycles. The van der Waals surface area contributed by atoms with Crippen molar-refractivity contribution in [2.45, 2.75) is 46.8 Å². The number of aliphatic hydroxyl groups excluding tert-OH is 1. The fraction of sp³-hybridized carbons (Fsp3) is 0.577. The molecular weight excluding hydrogens is 590 g/mol. The van der Waals surface area contributed by atoms with Crippen LogP contribution in [0.4, 0.5) is 5.69 Å². The third-order valence-corrected chi connectivity index (χ3v) is 11.3. The van der Waals surface area contributed by atoms with Crippen molar-refractivity contribution in [1.82, 2.24) is 19.3 Å². The van der Waals surface area contributed by atoms with Crippen LogP contribution in [0.25, 0.3) is 0 Å². The van der Waals surface area contributed by atoms with Crippen LogP contribution in [-0.4, -0.2) is 109 Å². The summed E-state index contributed by atoms with van der Waals surface area (Å²) in [7, 11) is -4.48. The summed E-state index contributed by atoms with van der Waals surface area (Å²) in [6.07, 6.45) is 0.763. The summed E-state index contributed by atoms with van der Waals surface area (Å²) in [4.78, 5) is 16.8. The quantitative estimate of drug-likeness (QED) is 0.266. The number of fused-ring (bicyclic) bond motifs is 1. The number of nitrogens with zero attached hydrogens (tertiary/aromatic N) is 2. The summed E-state index contributed by atoms with van der Waals surface area (Å²) >= 11 is 0. The highest BCUT2D eigenvalue weighted by atomic mass is 32.2. The molecule has 2 atom stereocenters. The maximum atomic E-state index is 13.4. The van der Waals surface area contributed by atoms with Crippen LogP contribution in [0.3, 0.4) is 0 Å². The summed E-state index contributed by atoms with van der Waals surface area (Å²) in [5.41, 5.74) is -0.659. The molecule has 5 rings (SSSR count). The molecular formula is C26H37N5O9S2. The Kier molecular flexibility index (Phi) is 8.85. The number of ether oxygens (including phenoxy) is 3. The van der Waals surface area contributed by atoms with Crippen LogP contribution in [0, 0.1) is 0 Å². The molecule has 0 saturated carbocycles. The molecule has 0 amide bonds. The number of aromatic amines is 1. The van der Waals surface area contributed by atoms with Crippen molar-refractivity contribution in [2.75, 3.05) is 65.0 Å². The van der Waals surface area contributed by atoms with E-state index in [1.165, 1.54) is 29.6 Å². The number of piperidine rings is 1. The molecule has 3 aliphatic heterocycles. The number of aromatic nitrogens is 1. The number of anilines is 1. The molecule has 0 bridgehead atoms. The van der Waals surface area contributed by atoms with Crippen LogP contribution in [0.15, 0.2) is 44.9 Å². The number of hydrogen-bond donors (Lipinski definition) is 4. The van der Waals surface area contributed by atoms with Gasteiger partial charge in [-0.25, -0.2) is 21.6 Å². The molecule has 16 heteroatoms. The predicted molar refractivity (Wildman–Crippen MR) is 153 cm³/mol. The predicted octanol–water partition coefficient (Wildman–Crippen LogP) is -0.547. The standard InChI is InChI=1S/C26H37N5O9S2/c1-27-41(34,35)21-5-3-4-20(12-21)39-17-19(32)15-28-18-14-26(40-16-18)6-8-31(9-7-26)42(36,37)23-13-22-25(29-24(23)33)38-11-10-30(22)2/h3-5,12-13,18-19,27-28,32H,6-11,14-17H2,1-2H3,(H,29,33)/t18-,19-/m0/s1. The number of benzene rings is 1. The highest BCUT2D eigenvalue weighted by Gasteiger charge is 2.45. The van der Waals surface area contributed by atoms with Gasteiger partial charge in [0.15, 0.2) is 0 Å². The third-order valence-electron chi connectivity index (χ3n) is 7.97. The van der Waals surface area contributed by atoms with Crippen molar-refractivity contribution in [3.8, 4) is 11.6 Å². The van der Waals surface area contributed by atoms with E-state index in [-0.39, 0.29) is 48.0 Å². The van der Waals surface area contributed by atoms with Crippen LogP contribution in [0.5, 0.6) is 11.6 Å². The van der Waals surface area contributed by atoms with Crippen molar-refractivity contribution in [2.24, 2.45) is 0 Å². The zero-order valence-electron chi connectivity index (χ0n) is 23.5. The zero-order chi connectivity index (χ0) is 30.1. The van der Waals surface area contributed by atoms with Gasteiger partial charge >= 0.3 is 0 Å². The first kappa shape index (κ1) is 30.7. The number of sulfonamides is 2. The number of H-pyrrole nitrogens is 1. The van der Waals surface area contributed by atoms with E-state index in [4.69, 9.17) is 14.2 Å². The minimum atomic E-state index is -4.02. The van der Waals surface area contributed by atoms with Crippen LogP contribution in [0.2, 0.25) is 0 Å². The topological polar surface area (TPSA) is 180 Å². The van der Waals surface area contributed by atoms with Crippen LogP contribution in [0.1, 0.15) is 19.3 Å². The van der Waals surface area contributed by atoms with Gasteiger partial charge in [-0.15, -0.1) is 0 Å². The van der Waals surface area contributed by atoms with Crippen molar-refractivity contribution in [3.63, 3.8) is 0 Å². The number of hydrogen-bond acceptors (Lipinski definition) is 11. The van der Waals surface area contributed by atoms with Crippen molar-refractivity contribution in [1.29, 1.82) is 0 Å². The summed E-state index contributed by atoms with van der Waals surface area (Å²) in [6.45, 7) is 2.04. The highest BCUT2D eigenvalue weighted by Crippen LogP contribution is 2.38. The van der Waals surface area contributed by atoms with E-state index in [2.05, 4.69) is 15.0 Å². The van der Waals surface area contributed by atoms with Crippen LogP contribution in [-0.2, 0) is 24.8 Å². The molecule has 1 aromatic heterocycles. The molecule has 2 saturated heterocycles. The van der Waals surface area contributed by atoms with Gasteiger partial charge in [0.1, 0.15) is 30.0 Å². The van der Waals surface area contributed by atoms with Gasteiger partial charge in [0.25, 0.3) is 5.56 Å². The average molecular weight is 628 g/mol. The summed E-state index contributed by atoms with van der Waals surface area (Å²) in [6, 6.07) is 7.37. The molecule has 232 valence electrons. The number of aliphatic hydroxyl groups is 1. The lowest BCUT2D eigenvalue weighted by Gasteiger charge is -2.38. The number of rotatable bonds is 10. The molecule has 14 nitrogen and oxygen atoms in total. The van der Waals surface area contributed by atoms with Crippen molar-refractivity contribution in [3.05, 3.63) is 40.7 Å². The molecule has 42 heavy (non-hydrogen) atoms. The third kappa shape index (κ3) is 6.44. The molecule has 3 aliphatic rings. The first-order chi connectivity index (χ1) is 19.9. The molecule has 2 fully saturated rings. The Morgan fingerprint density at radius 1 is 1.19 bits per heavy atom. The lowest BCUT2D eigenvalue weighted by molar-refractivity contribution is -0.0312. The van der Waals surface area contributed by atoms with E-state index in [1.807, 2.05) is 11.9 Å². The second-order valence-corrected chi connectivity index (χ2v) is 14.6. The largest absolute Gasteiger partial charge is 0.491 e. The van der Waals surface area contributed by atoms with Gasteiger partial charge in [-0.3, -0.25) is 9.78 Å². The SMILES string of the molecule is CNS(=O)(=O)c1cccc(OC[C@@H](O)CN[C@@H]2COC3(CCN(S(=O)(=O)c4cc5c([nH]c4=O)OCCN5C)CC3)C2)c1. The smallest absolute Gasteiger partial charge is 0.271 e. The maximum absolute atomic E-state index is 13.4. The van der Waals surface area contributed by atoms with Gasteiger partial charge in [0.05, 0.1) is 29.3 Å². The molecule has 1 aromatic carbocycles. The Hall–Kier alpha value is -2.73. The van der Waals surface area contributed by atoms with E-state index in [9.17, 15) is 26.7 Å². The van der Waals surface area contributed by atoms with E-state index in [0.29, 0.717) is 50.5 Å². The Morgan fingerprint density at radius 3 is 2.69 bits per heavy atom. The van der Waals surface area contributed by atoms with Gasteiger partial charge in [0, 0.05) is 38.8 Å². The first-order valence-corrected chi connectivity index (χ1v) is 16.7. The molecule has 4 N–H and O–H groups in total. The first-order valence-electron chi connectivity index (χ1n) is 13.8. The van der Waals surface area contributed by atoms with Crippen LogP contribution >= 0.6 is 0 Å².